The van der Waals surface area contributed by atoms with Gasteiger partial charge in [-0.1, -0.05) is 36.7 Å². The van der Waals surface area contributed by atoms with Gasteiger partial charge in [0.2, 0.25) is 5.91 Å². The van der Waals surface area contributed by atoms with Gasteiger partial charge in [-0.3, -0.25) is 4.79 Å². The molecule has 1 fully saturated rings. The van der Waals surface area contributed by atoms with Crippen molar-refractivity contribution in [3.05, 3.63) is 64.2 Å². The van der Waals surface area contributed by atoms with E-state index in [1.54, 1.807) is 17.0 Å². The molecule has 8 heteroatoms. The van der Waals surface area contributed by atoms with Crippen molar-refractivity contribution in [2.75, 3.05) is 11.9 Å². The Bertz CT molecular complexity index is 1000. The molecule has 0 radical (unpaired) electrons. The second-order valence-corrected chi connectivity index (χ2v) is 8.19. The standard InChI is InChI=1S/C23H23ClF3N3O/c1-3-14(2)30-13-16(10-21(30)31)22(18-6-4-5-7-19(18)23(25,26)27)29-17-9-8-15(12-28)20(24)11-17/h4-9,11,14,16,22,29H,3,10,13H2,1-2H3/t14?,16-,22?/m0/s1. The molecule has 2 unspecified atom stereocenters. The lowest BCUT2D eigenvalue weighted by atomic mass is 9.88. The van der Waals surface area contributed by atoms with Gasteiger partial charge in [-0.2, -0.15) is 18.4 Å². The third-order valence-corrected chi connectivity index (χ3v) is 6.11. The van der Waals surface area contributed by atoms with Gasteiger partial charge in [0.05, 0.1) is 22.2 Å². The summed E-state index contributed by atoms with van der Waals surface area (Å²) in [6, 6.07) is 11.3. The average molecular weight is 450 g/mol. The maximum atomic E-state index is 13.8. The first-order valence-corrected chi connectivity index (χ1v) is 10.4. The Morgan fingerprint density at radius 3 is 2.61 bits per heavy atom. The molecular formula is C23H23ClF3N3O. The Morgan fingerprint density at radius 2 is 2.00 bits per heavy atom. The van der Waals surface area contributed by atoms with Crippen LogP contribution >= 0.6 is 11.6 Å². The summed E-state index contributed by atoms with van der Waals surface area (Å²) in [6.45, 7) is 4.27. The van der Waals surface area contributed by atoms with Crippen LogP contribution in [0.2, 0.25) is 5.02 Å². The van der Waals surface area contributed by atoms with Gasteiger partial charge in [0.25, 0.3) is 0 Å². The van der Waals surface area contributed by atoms with Gasteiger partial charge in [-0.15, -0.1) is 0 Å². The summed E-state index contributed by atoms with van der Waals surface area (Å²) in [4.78, 5) is 14.3. The van der Waals surface area contributed by atoms with E-state index >= 15 is 0 Å². The number of nitriles is 1. The van der Waals surface area contributed by atoms with Crippen molar-refractivity contribution < 1.29 is 18.0 Å². The van der Waals surface area contributed by atoms with Crippen LogP contribution in [0.25, 0.3) is 0 Å². The maximum absolute atomic E-state index is 13.8. The van der Waals surface area contributed by atoms with E-state index in [-0.39, 0.29) is 40.4 Å². The van der Waals surface area contributed by atoms with E-state index in [0.717, 1.165) is 12.5 Å². The molecule has 3 atom stereocenters. The van der Waals surface area contributed by atoms with Crippen LogP contribution < -0.4 is 5.32 Å². The minimum Gasteiger partial charge on any atom is -0.378 e. The second-order valence-electron chi connectivity index (χ2n) is 7.78. The Morgan fingerprint density at radius 1 is 1.29 bits per heavy atom. The summed E-state index contributed by atoms with van der Waals surface area (Å²) in [5.41, 5.74) is 0.111. The number of hydrogen-bond acceptors (Lipinski definition) is 3. The first-order chi connectivity index (χ1) is 14.7. The Balaban J connectivity index is 2.03. The lowest BCUT2D eigenvalue weighted by Crippen LogP contribution is -2.35. The Labute approximate surface area is 184 Å². The molecule has 1 amide bonds. The molecular weight excluding hydrogens is 427 g/mol. The molecule has 0 saturated carbocycles. The highest BCUT2D eigenvalue weighted by atomic mass is 35.5. The Hall–Kier alpha value is -2.72. The molecule has 3 rings (SSSR count). The molecule has 2 aromatic rings. The normalized spacial score (nSPS) is 18.5. The molecule has 31 heavy (non-hydrogen) atoms. The summed E-state index contributed by atoms with van der Waals surface area (Å²) in [5, 5.41) is 12.5. The van der Waals surface area contributed by atoms with E-state index in [0.29, 0.717) is 12.2 Å². The predicted molar refractivity (Wildman–Crippen MR) is 114 cm³/mol. The fourth-order valence-corrected chi connectivity index (χ4v) is 4.20. The number of carbonyl (C=O) groups excluding carboxylic acids is 1. The monoisotopic (exact) mass is 449 g/mol. The number of hydrogen-bond donors (Lipinski definition) is 1. The van der Waals surface area contributed by atoms with Crippen molar-refractivity contribution >= 4 is 23.2 Å². The molecule has 1 heterocycles. The van der Waals surface area contributed by atoms with E-state index in [9.17, 15) is 18.0 Å². The number of anilines is 1. The zero-order chi connectivity index (χ0) is 22.8. The SMILES string of the molecule is CCC(C)N1C[C@@H](C(Nc2ccc(C#N)c(Cl)c2)c2ccccc2C(F)(F)F)CC1=O. The van der Waals surface area contributed by atoms with E-state index in [2.05, 4.69) is 5.32 Å². The zero-order valence-electron chi connectivity index (χ0n) is 17.2. The van der Waals surface area contributed by atoms with E-state index < -0.39 is 17.8 Å². The van der Waals surface area contributed by atoms with Gasteiger partial charge < -0.3 is 10.2 Å². The maximum Gasteiger partial charge on any atom is 0.416 e. The van der Waals surface area contributed by atoms with Crippen molar-refractivity contribution in [2.24, 2.45) is 5.92 Å². The fourth-order valence-electron chi connectivity index (χ4n) is 3.98. The topological polar surface area (TPSA) is 56.1 Å². The number of benzene rings is 2. The third-order valence-electron chi connectivity index (χ3n) is 5.80. The Kier molecular flexibility index (Phi) is 6.80. The van der Waals surface area contributed by atoms with Crippen LogP contribution in [-0.4, -0.2) is 23.4 Å². The van der Waals surface area contributed by atoms with Crippen LogP contribution in [-0.2, 0) is 11.0 Å². The second kappa shape index (κ2) is 9.19. The summed E-state index contributed by atoms with van der Waals surface area (Å²) in [7, 11) is 0. The number of nitrogens with one attached hydrogen (secondary N) is 1. The molecule has 1 aliphatic heterocycles. The molecule has 0 bridgehead atoms. The molecule has 0 spiro atoms. The van der Waals surface area contributed by atoms with Crippen LogP contribution in [0.5, 0.6) is 0 Å². The number of rotatable bonds is 6. The number of amides is 1. The molecule has 4 nitrogen and oxygen atoms in total. The van der Waals surface area contributed by atoms with Crippen LogP contribution in [0.3, 0.4) is 0 Å². The molecule has 0 aromatic heterocycles. The molecule has 1 aliphatic rings. The van der Waals surface area contributed by atoms with Crippen LogP contribution in [0.1, 0.15) is 49.4 Å². The number of alkyl halides is 3. The van der Waals surface area contributed by atoms with Crippen molar-refractivity contribution in [3.63, 3.8) is 0 Å². The van der Waals surface area contributed by atoms with E-state index in [1.165, 1.54) is 24.3 Å². The number of halogens is 4. The summed E-state index contributed by atoms with van der Waals surface area (Å²) in [6.07, 6.45) is -3.61. The van der Waals surface area contributed by atoms with Crippen molar-refractivity contribution in [3.8, 4) is 6.07 Å². The molecule has 1 N–H and O–H groups in total. The molecule has 2 aromatic carbocycles. The van der Waals surface area contributed by atoms with Crippen LogP contribution in [0, 0.1) is 17.2 Å². The predicted octanol–water partition coefficient (Wildman–Crippen LogP) is 6.03. The van der Waals surface area contributed by atoms with Gasteiger partial charge in [-0.25, -0.2) is 0 Å². The summed E-state index contributed by atoms with van der Waals surface area (Å²) < 4.78 is 41.3. The van der Waals surface area contributed by atoms with E-state index in [1.807, 2.05) is 19.9 Å². The van der Waals surface area contributed by atoms with Gasteiger partial charge in [0, 0.05) is 30.6 Å². The van der Waals surface area contributed by atoms with E-state index in [4.69, 9.17) is 16.9 Å². The zero-order valence-corrected chi connectivity index (χ0v) is 18.0. The van der Waals surface area contributed by atoms with Crippen LogP contribution in [0.15, 0.2) is 42.5 Å². The highest BCUT2D eigenvalue weighted by Gasteiger charge is 2.41. The van der Waals surface area contributed by atoms with Gasteiger partial charge in [0.15, 0.2) is 0 Å². The van der Waals surface area contributed by atoms with Gasteiger partial charge in [-0.05, 0) is 43.2 Å². The number of carbonyl (C=O) groups is 1. The fraction of sp³-hybridized carbons (Fsp3) is 0.391. The third kappa shape index (κ3) is 4.96. The smallest absolute Gasteiger partial charge is 0.378 e. The van der Waals surface area contributed by atoms with Crippen molar-refractivity contribution in [1.29, 1.82) is 5.26 Å². The van der Waals surface area contributed by atoms with Crippen LogP contribution in [0.4, 0.5) is 18.9 Å². The quantitative estimate of drug-likeness (QED) is 0.585. The highest BCUT2D eigenvalue weighted by molar-refractivity contribution is 6.32. The van der Waals surface area contributed by atoms with Gasteiger partial charge >= 0.3 is 6.18 Å². The molecule has 0 aliphatic carbocycles. The van der Waals surface area contributed by atoms with Crippen molar-refractivity contribution in [1.82, 2.24) is 4.90 Å². The first-order valence-electron chi connectivity index (χ1n) is 10.1. The highest BCUT2D eigenvalue weighted by Crippen LogP contribution is 2.41. The molecule has 164 valence electrons. The average Bonchev–Trinajstić information content (AvgIpc) is 3.12. The summed E-state index contributed by atoms with van der Waals surface area (Å²) in [5.74, 6) is -0.423. The number of nitrogens with zero attached hydrogens (tertiary/aromatic N) is 2. The van der Waals surface area contributed by atoms with Crippen molar-refractivity contribution in [2.45, 2.75) is 44.9 Å². The lowest BCUT2D eigenvalue weighted by molar-refractivity contribution is -0.138. The lowest BCUT2D eigenvalue weighted by Gasteiger charge is -2.30. The first kappa shape index (κ1) is 23.0. The minimum atomic E-state index is -4.53. The molecule has 1 saturated heterocycles. The largest absolute Gasteiger partial charge is 0.416 e. The minimum absolute atomic E-state index is 0.0142. The number of likely N-dealkylation sites (tertiary alicyclic amines) is 1. The summed E-state index contributed by atoms with van der Waals surface area (Å²) >= 11 is 6.12. The van der Waals surface area contributed by atoms with Gasteiger partial charge in [0.1, 0.15) is 6.07 Å².